The minimum atomic E-state index is -0.826. The van der Waals surface area contributed by atoms with Gasteiger partial charge in [0, 0.05) is 127 Å². The first-order valence-electron chi connectivity index (χ1n) is 35.6. The molecule has 3 amide bonds. The Balaban J connectivity index is 0.000000134. The Morgan fingerprint density at radius 2 is 0.840 bits per heavy atom. The van der Waals surface area contributed by atoms with Crippen molar-refractivity contribution in [1.29, 1.82) is 0 Å². The summed E-state index contributed by atoms with van der Waals surface area (Å²) in [5, 5.41) is 71.0. The zero-order valence-electron chi connectivity index (χ0n) is 59.2. The number of aromatic nitrogens is 10. The van der Waals surface area contributed by atoms with Crippen LogP contribution in [0.2, 0.25) is 0 Å². The number of aryl methyl sites for hydroxylation is 9. The Labute approximate surface area is 592 Å². The number of carbonyl (C=O) groups excluding carboxylic acids is 3. The summed E-state index contributed by atoms with van der Waals surface area (Å²) in [5.74, 6) is 2.96. The van der Waals surface area contributed by atoms with Crippen molar-refractivity contribution in [3.05, 3.63) is 122 Å². The van der Waals surface area contributed by atoms with Crippen LogP contribution in [0.4, 0.5) is 17.5 Å². The Bertz CT molecular complexity index is 4350. The Hall–Kier alpha value is -7.89. The number of aliphatic hydroxyl groups is 3. The van der Waals surface area contributed by atoms with Gasteiger partial charge in [0.15, 0.2) is 17.5 Å². The number of fused-ring (bicyclic) bond motifs is 3. The highest BCUT2D eigenvalue weighted by Crippen LogP contribution is 2.44. The molecule has 0 bridgehead atoms. The molecule has 27 heteroatoms. The number of hydrogen-bond acceptors (Lipinski definition) is 20. The summed E-state index contributed by atoms with van der Waals surface area (Å²) in [6, 6.07) is 20.6. The van der Waals surface area contributed by atoms with Crippen LogP contribution in [0.15, 0.2) is 79.4 Å². The largest absolute Gasteiger partial charge is 0.384 e. The number of imidazole rings is 1. The lowest BCUT2D eigenvalue weighted by Crippen LogP contribution is -2.63. The van der Waals surface area contributed by atoms with Crippen molar-refractivity contribution in [3.63, 3.8) is 0 Å². The molecule has 3 aliphatic heterocycles. The molecule has 25 nitrogen and oxygen atoms in total. The average molecular weight is 1400 g/mol. The van der Waals surface area contributed by atoms with E-state index in [0.717, 1.165) is 198 Å². The Morgan fingerprint density at radius 1 is 0.490 bits per heavy atom. The first kappa shape index (κ1) is 70.5. The van der Waals surface area contributed by atoms with Crippen LogP contribution in [0.1, 0.15) is 126 Å². The van der Waals surface area contributed by atoms with E-state index in [1.165, 1.54) is 16.7 Å². The van der Waals surface area contributed by atoms with Crippen molar-refractivity contribution in [2.24, 2.45) is 28.2 Å². The SMILES string of the molecule is CCc1ncc(C2(O)CCC(N3CC(NC(=O)CNc4nn(C)c5ccc(C)cc45)C3)CC2)s1.Cc1ccc2c(c1)c(NCC(=O)NC1CN(C3CCC(O)(c4cnc(C)s4)CC3)C1)nn2C.Cc1ccc2c(c1)c(NCC(=O)NC1CN(C3CCC(O)(c4nccn4C)CC3)C1)nn2C. The molecule has 6 aromatic heterocycles. The van der Waals surface area contributed by atoms with Crippen LogP contribution in [-0.2, 0) is 65.8 Å². The number of benzene rings is 3. The summed E-state index contributed by atoms with van der Waals surface area (Å²) in [4.78, 5) is 59.9. The molecule has 0 unspecified atom stereocenters. The van der Waals surface area contributed by atoms with Crippen LogP contribution < -0.4 is 31.9 Å². The van der Waals surface area contributed by atoms with E-state index < -0.39 is 16.8 Å². The van der Waals surface area contributed by atoms with Crippen LogP contribution >= 0.6 is 22.7 Å². The molecule has 3 aliphatic carbocycles. The van der Waals surface area contributed by atoms with E-state index in [1.54, 1.807) is 28.9 Å². The molecular weight excluding hydrogens is 1300 g/mol. The second-order valence-corrected chi connectivity index (χ2v) is 31.4. The van der Waals surface area contributed by atoms with Gasteiger partial charge in [-0.15, -0.1) is 22.7 Å². The maximum absolute atomic E-state index is 12.5. The molecule has 9 aromatic rings. The topological polar surface area (TPSA) is 291 Å². The number of nitrogens with one attached hydrogen (secondary N) is 6. The van der Waals surface area contributed by atoms with Crippen LogP contribution in [0, 0.1) is 27.7 Å². The predicted octanol–water partition coefficient (Wildman–Crippen LogP) is 7.29. The van der Waals surface area contributed by atoms with E-state index in [2.05, 4.69) is 153 Å². The monoisotopic (exact) mass is 1400 g/mol. The van der Waals surface area contributed by atoms with Gasteiger partial charge in [-0.05, 0) is 148 Å². The molecule has 3 saturated carbocycles. The molecule has 15 rings (SSSR count). The molecule has 9 heterocycles. The van der Waals surface area contributed by atoms with Crippen molar-refractivity contribution in [2.45, 2.75) is 171 Å². The fraction of sp³-hybridized carbons (Fsp3) is 0.548. The first-order chi connectivity index (χ1) is 48.0. The third-order valence-electron chi connectivity index (χ3n) is 21.6. The minimum Gasteiger partial charge on any atom is -0.384 e. The molecule has 3 aromatic carbocycles. The summed E-state index contributed by atoms with van der Waals surface area (Å²) in [5.41, 5.74) is 4.36. The summed E-state index contributed by atoms with van der Waals surface area (Å²) in [7, 11) is 7.67. The van der Waals surface area contributed by atoms with Gasteiger partial charge in [0.25, 0.3) is 0 Å². The number of amides is 3. The molecule has 6 fully saturated rings. The highest BCUT2D eigenvalue weighted by Gasteiger charge is 2.45. The number of carbonyl (C=O) groups is 3. The fourth-order valence-corrected chi connectivity index (χ4v) is 17.6. The maximum atomic E-state index is 12.5. The van der Waals surface area contributed by atoms with Gasteiger partial charge in [-0.2, -0.15) is 15.3 Å². The van der Waals surface area contributed by atoms with Gasteiger partial charge in [-0.25, -0.2) is 15.0 Å². The molecule has 3 saturated heterocycles. The molecule has 0 spiro atoms. The first-order valence-corrected chi connectivity index (χ1v) is 37.3. The highest BCUT2D eigenvalue weighted by atomic mass is 32.1. The van der Waals surface area contributed by atoms with Crippen molar-refractivity contribution in [1.82, 2.24) is 79.5 Å². The van der Waals surface area contributed by atoms with Crippen LogP contribution in [0.3, 0.4) is 0 Å². The normalized spacial score (nSPS) is 23.9. The van der Waals surface area contributed by atoms with Crippen molar-refractivity contribution < 1.29 is 29.7 Å². The smallest absolute Gasteiger partial charge is 0.239 e. The Kier molecular flexibility index (Phi) is 20.9. The lowest BCUT2D eigenvalue weighted by atomic mass is 9.80. The van der Waals surface area contributed by atoms with Crippen molar-refractivity contribution in [2.75, 3.05) is 74.9 Å². The number of nitrogens with zero attached hydrogens (tertiary/aromatic N) is 13. The quantitative estimate of drug-likeness (QED) is 0.0384. The second-order valence-electron chi connectivity index (χ2n) is 29.1. The lowest BCUT2D eigenvalue weighted by molar-refractivity contribution is -0.122. The van der Waals surface area contributed by atoms with Gasteiger partial charge >= 0.3 is 0 Å². The predicted molar refractivity (Wildman–Crippen MR) is 392 cm³/mol. The van der Waals surface area contributed by atoms with E-state index in [-0.39, 0.29) is 55.5 Å². The highest BCUT2D eigenvalue weighted by molar-refractivity contribution is 7.12. The molecular formula is C73H99N19O6S2. The molecule has 534 valence electrons. The van der Waals surface area contributed by atoms with Crippen molar-refractivity contribution in [3.8, 4) is 0 Å². The number of hydrogen-bond donors (Lipinski definition) is 9. The van der Waals surface area contributed by atoms with Gasteiger partial charge in [0.2, 0.25) is 17.7 Å². The van der Waals surface area contributed by atoms with Gasteiger partial charge < -0.3 is 51.8 Å². The zero-order chi connectivity index (χ0) is 70.2. The molecule has 6 aliphatic rings. The zero-order valence-corrected chi connectivity index (χ0v) is 60.9. The maximum Gasteiger partial charge on any atom is 0.239 e. The van der Waals surface area contributed by atoms with E-state index in [9.17, 15) is 29.7 Å². The molecule has 0 atom stereocenters. The van der Waals surface area contributed by atoms with E-state index in [1.807, 2.05) is 78.4 Å². The number of rotatable bonds is 19. The summed E-state index contributed by atoms with van der Waals surface area (Å²) in [6.07, 6.45) is 18.6. The Morgan fingerprint density at radius 3 is 1.16 bits per heavy atom. The summed E-state index contributed by atoms with van der Waals surface area (Å²) in [6.45, 7) is 16.1. The second kappa shape index (κ2) is 29.6. The summed E-state index contributed by atoms with van der Waals surface area (Å²) >= 11 is 3.25. The van der Waals surface area contributed by atoms with E-state index in [4.69, 9.17) is 0 Å². The summed E-state index contributed by atoms with van der Waals surface area (Å²) < 4.78 is 7.42. The molecule has 9 N–H and O–H groups in total. The number of likely N-dealkylation sites (tertiary alicyclic amines) is 3. The minimum absolute atomic E-state index is 0.00829. The van der Waals surface area contributed by atoms with Gasteiger partial charge in [-0.1, -0.05) is 41.8 Å². The van der Waals surface area contributed by atoms with E-state index >= 15 is 0 Å². The fourth-order valence-electron chi connectivity index (χ4n) is 15.7. The standard InChI is InChI=1S/C25H34N6O2S.C24H33N7O2.C24H32N6O2S/c1-4-23-26-12-21(34-23)25(33)9-7-18(8-10-25)31-14-17(15-31)28-22(32)13-27-24-19-11-16(2)5-6-20(19)30(3)29-24;1-16-4-5-20-19(12-16)22(28-30(20)3)26-13-21(32)27-17-14-31(15-17)18-6-8-24(33,9-7-18)23-25-10-11-29(23)2;1-15-4-5-20-19(10-15)23(28-29(20)3)26-12-22(31)27-17-13-30(14-17)18-6-8-24(32,9-7-18)21-11-25-16(2)33-21/h5-6,11-12,17-18,33H,4,7-10,13-15H2,1-3H3,(H,27,29)(H,28,32);4-5,10-12,17-18,33H,6-9,13-15H2,1-3H3,(H,26,28)(H,27,32);4-5,10-11,17-18,32H,6-9,12-14H2,1-3H3,(H,26,28)(H,27,31). The molecule has 100 heavy (non-hydrogen) atoms. The average Bonchev–Trinajstić information content (AvgIpc) is 1.23. The lowest BCUT2D eigenvalue weighted by Gasteiger charge is -2.48. The van der Waals surface area contributed by atoms with E-state index in [0.29, 0.717) is 18.1 Å². The van der Waals surface area contributed by atoms with Gasteiger partial charge in [0.1, 0.15) is 22.6 Å². The third-order valence-corrected chi connectivity index (χ3v) is 24.1. The number of thiazole rings is 2. The molecule has 0 radical (unpaired) electrons. The number of anilines is 3. The van der Waals surface area contributed by atoms with Crippen molar-refractivity contribution >= 4 is 90.6 Å². The van der Waals surface area contributed by atoms with Crippen LogP contribution in [0.5, 0.6) is 0 Å². The van der Waals surface area contributed by atoms with Crippen LogP contribution in [-0.4, -0.2) is 192 Å². The third kappa shape index (κ3) is 15.6. The van der Waals surface area contributed by atoms with Gasteiger partial charge in [0.05, 0.1) is 74.1 Å². The van der Waals surface area contributed by atoms with Crippen LogP contribution in [0.25, 0.3) is 32.7 Å². The van der Waals surface area contributed by atoms with Gasteiger partial charge in [-0.3, -0.25) is 43.1 Å².